The Bertz CT molecular complexity index is 383. The number of hydrogen-bond acceptors (Lipinski definition) is 2. The van der Waals surface area contributed by atoms with Crippen LogP contribution in [0.2, 0.25) is 0 Å². The van der Waals surface area contributed by atoms with E-state index < -0.39 is 0 Å². The Morgan fingerprint density at radius 1 is 1.24 bits per heavy atom. The second kappa shape index (κ2) is 5.19. The third-order valence-corrected chi connectivity index (χ3v) is 3.91. The molecule has 2 heteroatoms. The molecule has 0 radical (unpaired) electrons. The molecule has 2 aliphatic rings. The monoisotopic (exact) mass is 230 g/mol. The van der Waals surface area contributed by atoms with Crippen molar-refractivity contribution in [2.75, 3.05) is 13.1 Å². The lowest BCUT2D eigenvalue weighted by Gasteiger charge is -2.18. The quantitative estimate of drug-likeness (QED) is 0.758. The van der Waals surface area contributed by atoms with E-state index in [1.807, 2.05) is 0 Å². The summed E-state index contributed by atoms with van der Waals surface area (Å²) in [6, 6.07) is 6.97. The highest BCUT2D eigenvalue weighted by Crippen LogP contribution is 2.31. The van der Waals surface area contributed by atoms with Gasteiger partial charge in [0.1, 0.15) is 0 Å². The topological polar surface area (TPSA) is 24.1 Å². The van der Waals surface area contributed by atoms with Crippen LogP contribution in [-0.4, -0.2) is 13.1 Å². The van der Waals surface area contributed by atoms with Gasteiger partial charge in [-0.25, -0.2) is 0 Å². The van der Waals surface area contributed by atoms with E-state index in [4.69, 9.17) is 0 Å². The second-order valence-corrected chi connectivity index (χ2v) is 5.44. The van der Waals surface area contributed by atoms with Gasteiger partial charge in [-0.05, 0) is 48.5 Å². The maximum Gasteiger partial charge on any atom is 0.0208 e. The minimum atomic E-state index is 1.03. The van der Waals surface area contributed by atoms with Crippen LogP contribution in [0.5, 0.6) is 0 Å². The van der Waals surface area contributed by atoms with E-state index >= 15 is 0 Å². The molecule has 2 N–H and O–H groups in total. The molecule has 0 unspecified atom stereocenters. The molecule has 1 aromatic carbocycles. The Morgan fingerprint density at radius 2 is 2.18 bits per heavy atom. The average Bonchev–Trinajstić information content (AvgIpc) is 3.18. The van der Waals surface area contributed by atoms with Crippen LogP contribution < -0.4 is 10.6 Å². The van der Waals surface area contributed by atoms with Gasteiger partial charge in [0.25, 0.3) is 0 Å². The molecular weight excluding hydrogens is 208 g/mol. The summed E-state index contributed by atoms with van der Waals surface area (Å²) < 4.78 is 0. The van der Waals surface area contributed by atoms with Gasteiger partial charge in [0, 0.05) is 13.1 Å². The van der Waals surface area contributed by atoms with Crippen molar-refractivity contribution in [3.8, 4) is 0 Å². The zero-order valence-corrected chi connectivity index (χ0v) is 10.5. The fourth-order valence-corrected chi connectivity index (χ4v) is 2.59. The van der Waals surface area contributed by atoms with Gasteiger partial charge in [0.05, 0.1) is 0 Å². The second-order valence-electron chi connectivity index (χ2n) is 5.44. The molecule has 1 aromatic rings. The zero-order chi connectivity index (χ0) is 11.5. The van der Waals surface area contributed by atoms with E-state index in [9.17, 15) is 0 Å². The Labute approximate surface area is 104 Å². The lowest BCUT2D eigenvalue weighted by Crippen LogP contribution is -2.24. The molecule has 1 aliphatic carbocycles. The highest BCUT2D eigenvalue weighted by Gasteiger charge is 2.19. The molecule has 0 atom stereocenters. The molecule has 0 bridgehead atoms. The van der Waals surface area contributed by atoms with Crippen LogP contribution in [-0.2, 0) is 19.5 Å². The molecule has 1 heterocycles. The molecule has 2 nitrogen and oxygen atoms in total. The summed E-state index contributed by atoms with van der Waals surface area (Å²) in [6.45, 7) is 4.39. The van der Waals surface area contributed by atoms with Crippen LogP contribution in [0, 0.1) is 5.92 Å². The highest BCUT2D eigenvalue weighted by molar-refractivity contribution is 5.33. The Morgan fingerprint density at radius 3 is 3.06 bits per heavy atom. The fraction of sp³-hybridized carbons (Fsp3) is 0.600. The smallest absolute Gasteiger partial charge is 0.0208 e. The van der Waals surface area contributed by atoms with Crippen LogP contribution in [0.4, 0.5) is 0 Å². The maximum absolute atomic E-state index is 3.56. The van der Waals surface area contributed by atoms with E-state index in [2.05, 4.69) is 28.8 Å². The average molecular weight is 230 g/mol. The molecule has 1 fully saturated rings. The molecule has 1 aliphatic heterocycles. The van der Waals surface area contributed by atoms with Crippen molar-refractivity contribution in [1.29, 1.82) is 0 Å². The maximum atomic E-state index is 3.56. The number of fused-ring (bicyclic) bond motifs is 1. The predicted molar refractivity (Wildman–Crippen MR) is 70.9 cm³/mol. The van der Waals surface area contributed by atoms with Crippen molar-refractivity contribution in [1.82, 2.24) is 10.6 Å². The predicted octanol–water partition coefficient (Wildman–Crippen LogP) is 2.22. The first-order chi connectivity index (χ1) is 8.42. The number of nitrogens with one attached hydrogen (secondary N) is 2. The van der Waals surface area contributed by atoms with E-state index in [-0.39, 0.29) is 0 Å². The van der Waals surface area contributed by atoms with Crippen molar-refractivity contribution in [3.63, 3.8) is 0 Å². The van der Waals surface area contributed by atoms with Gasteiger partial charge in [0.15, 0.2) is 0 Å². The molecule has 0 aromatic heterocycles. The Hall–Kier alpha value is -0.860. The van der Waals surface area contributed by atoms with Crippen LogP contribution in [0.3, 0.4) is 0 Å². The molecule has 1 saturated carbocycles. The Kier molecular flexibility index (Phi) is 3.44. The van der Waals surface area contributed by atoms with Crippen LogP contribution >= 0.6 is 0 Å². The minimum absolute atomic E-state index is 1.03. The molecule has 17 heavy (non-hydrogen) atoms. The standard InChI is InChI=1S/C15H22N2/c1-2-12(1)5-7-16-10-13-3-4-14-6-8-17-11-15(14)9-13/h3-4,9,12,16-17H,1-2,5-8,10-11H2. The summed E-state index contributed by atoms with van der Waals surface area (Å²) >= 11 is 0. The molecule has 3 rings (SSSR count). The molecule has 0 amide bonds. The summed E-state index contributed by atoms with van der Waals surface area (Å²) in [4.78, 5) is 0. The lowest BCUT2D eigenvalue weighted by atomic mass is 9.98. The first-order valence-electron chi connectivity index (χ1n) is 6.94. The molecule has 92 valence electrons. The SMILES string of the molecule is c1cc2c(cc1CNCCC1CC1)CNCC2. The first-order valence-corrected chi connectivity index (χ1v) is 6.94. The van der Waals surface area contributed by atoms with Gasteiger partial charge in [-0.1, -0.05) is 31.0 Å². The van der Waals surface area contributed by atoms with Crippen molar-refractivity contribution in [2.24, 2.45) is 5.92 Å². The van der Waals surface area contributed by atoms with Gasteiger partial charge >= 0.3 is 0 Å². The third-order valence-electron chi connectivity index (χ3n) is 3.91. The van der Waals surface area contributed by atoms with Crippen LogP contribution in [0.15, 0.2) is 18.2 Å². The van der Waals surface area contributed by atoms with Crippen molar-refractivity contribution in [2.45, 2.75) is 38.8 Å². The van der Waals surface area contributed by atoms with Gasteiger partial charge in [-0.15, -0.1) is 0 Å². The number of hydrogen-bond donors (Lipinski definition) is 2. The molecular formula is C15H22N2. The van der Waals surface area contributed by atoms with Crippen molar-refractivity contribution in [3.05, 3.63) is 34.9 Å². The van der Waals surface area contributed by atoms with Gasteiger partial charge in [0.2, 0.25) is 0 Å². The largest absolute Gasteiger partial charge is 0.313 e. The normalized spacial score (nSPS) is 19.1. The van der Waals surface area contributed by atoms with Crippen LogP contribution in [0.25, 0.3) is 0 Å². The lowest BCUT2D eigenvalue weighted by molar-refractivity contribution is 0.609. The van der Waals surface area contributed by atoms with E-state index in [0.717, 1.165) is 25.6 Å². The zero-order valence-electron chi connectivity index (χ0n) is 10.5. The summed E-state index contributed by atoms with van der Waals surface area (Å²) in [5.41, 5.74) is 4.46. The number of rotatable bonds is 5. The summed E-state index contributed by atoms with van der Waals surface area (Å²) in [5, 5.41) is 7.00. The molecule has 0 spiro atoms. The number of benzene rings is 1. The van der Waals surface area contributed by atoms with Crippen molar-refractivity contribution < 1.29 is 0 Å². The van der Waals surface area contributed by atoms with Gasteiger partial charge in [-0.3, -0.25) is 0 Å². The third kappa shape index (κ3) is 3.08. The van der Waals surface area contributed by atoms with Crippen LogP contribution in [0.1, 0.15) is 36.0 Å². The van der Waals surface area contributed by atoms with E-state index in [1.54, 1.807) is 0 Å². The van der Waals surface area contributed by atoms with E-state index in [1.165, 1.54) is 48.9 Å². The summed E-state index contributed by atoms with van der Waals surface area (Å²) in [7, 11) is 0. The summed E-state index contributed by atoms with van der Waals surface area (Å²) in [5.74, 6) is 1.04. The van der Waals surface area contributed by atoms with Gasteiger partial charge < -0.3 is 10.6 Å². The first kappa shape index (κ1) is 11.2. The van der Waals surface area contributed by atoms with Crippen molar-refractivity contribution >= 4 is 0 Å². The Balaban J connectivity index is 1.51. The fourth-order valence-electron chi connectivity index (χ4n) is 2.59. The van der Waals surface area contributed by atoms with E-state index in [0.29, 0.717) is 0 Å². The minimum Gasteiger partial charge on any atom is -0.313 e. The molecule has 0 saturated heterocycles. The highest BCUT2D eigenvalue weighted by atomic mass is 14.9. The van der Waals surface area contributed by atoms with Gasteiger partial charge in [-0.2, -0.15) is 0 Å². The summed E-state index contributed by atoms with van der Waals surface area (Å²) in [6.07, 6.45) is 5.48.